The van der Waals surface area contributed by atoms with Crippen LogP contribution >= 0.6 is 23.2 Å². The Bertz CT molecular complexity index is 665. The molecule has 0 heterocycles. The third-order valence-electron chi connectivity index (χ3n) is 3.13. The normalized spacial score (nSPS) is 17.4. The third kappa shape index (κ3) is 3.98. The number of nitrogens with zero attached hydrogens (tertiary/aromatic N) is 1. The SMILES string of the molecule is N/C(=N\S(=O)(=O)C=Cc1ccc(Cl)c(Cl)c1)C1CCC1. The van der Waals surface area contributed by atoms with Crippen molar-refractivity contribution < 1.29 is 8.42 Å². The summed E-state index contributed by atoms with van der Waals surface area (Å²) in [7, 11) is -3.72. The van der Waals surface area contributed by atoms with Gasteiger partial charge in [0.25, 0.3) is 10.0 Å². The fourth-order valence-corrected chi connectivity index (χ4v) is 2.88. The first-order chi connectivity index (χ1) is 9.37. The molecule has 1 aromatic rings. The highest BCUT2D eigenvalue weighted by Gasteiger charge is 2.22. The second-order valence-corrected chi connectivity index (χ2v) is 6.93. The van der Waals surface area contributed by atoms with Gasteiger partial charge < -0.3 is 5.73 Å². The van der Waals surface area contributed by atoms with Crippen LogP contribution in [0.15, 0.2) is 28.0 Å². The van der Waals surface area contributed by atoms with Crippen LogP contribution in [0.1, 0.15) is 24.8 Å². The van der Waals surface area contributed by atoms with E-state index >= 15 is 0 Å². The van der Waals surface area contributed by atoms with E-state index in [1.54, 1.807) is 18.2 Å². The van der Waals surface area contributed by atoms with Crippen molar-refractivity contribution in [2.24, 2.45) is 16.0 Å². The Morgan fingerprint density at radius 3 is 2.55 bits per heavy atom. The zero-order valence-corrected chi connectivity index (χ0v) is 12.9. The van der Waals surface area contributed by atoms with E-state index in [0.29, 0.717) is 15.6 Å². The van der Waals surface area contributed by atoms with Crippen LogP contribution in [-0.4, -0.2) is 14.3 Å². The number of benzene rings is 1. The lowest BCUT2D eigenvalue weighted by molar-refractivity contribution is 0.411. The molecule has 0 spiro atoms. The molecule has 0 unspecified atom stereocenters. The molecule has 1 fully saturated rings. The summed E-state index contributed by atoms with van der Waals surface area (Å²) < 4.78 is 27.2. The Kier molecular flexibility index (Phi) is 4.73. The number of sulfonamides is 1. The lowest BCUT2D eigenvalue weighted by Crippen LogP contribution is -2.29. The second kappa shape index (κ2) is 6.16. The fourth-order valence-electron chi connectivity index (χ4n) is 1.74. The molecule has 2 rings (SSSR count). The minimum Gasteiger partial charge on any atom is -0.386 e. The topological polar surface area (TPSA) is 72.5 Å². The van der Waals surface area contributed by atoms with Crippen molar-refractivity contribution in [2.75, 3.05) is 0 Å². The molecule has 1 aliphatic rings. The maximum atomic E-state index is 11.8. The third-order valence-corrected chi connectivity index (χ3v) is 4.82. The van der Waals surface area contributed by atoms with Gasteiger partial charge in [0.1, 0.15) is 5.84 Å². The Morgan fingerprint density at radius 1 is 1.30 bits per heavy atom. The predicted molar refractivity (Wildman–Crippen MR) is 83.4 cm³/mol. The van der Waals surface area contributed by atoms with Crippen molar-refractivity contribution >= 4 is 45.1 Å². The molecule has 0 saturated heterocycles. The van der Waals surface area contributed by atoms with Gasteiger partial charge in [0.15, 0.2) is 0 Å². The van der Waals surface area contributed by atoms with E-state index in [9.17, 15) is 8.42 Å². The van der Waals surface area contributed by atoms with Gasteiger partial charge in [0.05, 0.1) is 15.5 Å². The maximum absolute atomic E-state index is 11.8. The van der Waals surface area contributed by atoms with Crippen molar-refractivity contribution in [3.8, 4) is 0 Å². The number of hydrogen-bond donors (Lipinski definition) is 1. The molecule has 0 radical (unpaired) electrons. The van der Waals surface area contributed by atoms with E-state index < -0.39 is 10.0 Å². The van der Waals surface area contributed by atoms with Crippen molar-refractivity contribution in [3.05, 3.63) is 39.2 Å². The number of halogens is 2. The van der Waals surface area contributed by atoms with Crippen LogP contribution in [0.5, 0.6) is 0 Å². The smallest absolute Gasteiger partial charge is 0.277 e. The average molecular weight is 333 g/mol. The molecule has 0 bridgehead atoms. The van der Waals surface area contributed by atoms with Gasteiger partial charge >= 0.3 is 0 Å². The molecule has 4 nitrogen and oxygen atoms in total. The van der Waals surface area contributed by atoms with E-state index in [1.807, 2.05) is 0 Å². The summed E-state index contributed by atoms with van der Waals surface area (Å²) in [4.78, 5) is 0. The molecule has 20 heavy (non-hydrogen) atoms. The van der Waals surface area contributed by atoms with E-state index in [1.165, 1.54) is 6.08 Å². The molecule has 0 atom stereocenters. The number of rotatable bonds is 4. The van der Waals surface area contributed by atoms with Gasteiger partial charge in [-0.2, -0.15) is 8.42 Å². The van der Waals surface area contributed by atoms with Gasteiger partial charge in [-0.1, -0.05) is 35.7 Å². The molecular weight excluding hydrogens is 319 g/mol. The number of amidine groups is 1. The highest BCUT2D eigenvalue weighted by atomic mass is 35.5. The molecule has 1 saturated carbocycles. The number of nitrogens with two attached hydrogens (primary N) is 1. The Balaban J connectivity index is 2.14. The van der Waals surface area contributed by atoms with Gasteiger partial charge in [0, 0.05) is 5.92 Å². The molecule has 0 amide bonds. The first kappa shape index (κ1) is 15.4. The van der Waals surface area contributed by atoms with Crippen LogP contribution in [0, 0.1) is 5.92 Å². The van der Waals surface area contributed by atoms with Crippen LogP contribution < -0.4 is 5.73 Å². The van der Waals surface area contributed by atoms with Gasteiger partial charge in [-0.05, 0) is 36.6 Å². The Morgan fingerprint density at radius 2 is 2.00 bits per heavy atom. The first-order valence-corrected chi connectivity index (χ1v) is 8.37. The van der Waals surface area contributed by atoms with Crippen LogP contribution in [-0.2, 0) is 10.0 Å². The minimum absolute atomic E-state index is 0.100. The van der Waals surface area contributed by atoms with Crippen molar-refractivity contribution in [1.82, 2.24) is 0 Å². The molecule has 108 valence electrons. The molecular formula is C13H14Cl2N2O2S. The Hall–Kier alpha value is -1.04. The summed E-state index contributed by atoms with van der Waals surface area (Å²) >= 11 is 11.6. The fraction of sp³-hybridized carbons (Fsp3) is 0.308. The molecule has 1 aromatic carbocycles. The van der Waals surface area contributed by atoms with E-state index in [-0.39, 0.29) is 11.8 Å². The highest BCUT2D eigenvalue weighted by molar-refractivity contribution is 7.93. The molecule has 1 aliphatic carbocycles. The van der Waals surface area contributed by atoms with E-state index in [4.69, 9.17) is 28.9 Å². The summed E-state index contributed by atoms with van der Waals surface area (Å²) in [5.74, 6) is 0.290. The zero-order chi connectivity index (χ0) is 14.8. The van der Waals surface area contributed by atoms with Crippen LogP contribution in [0.2, 0.25) is 10.0 Å². The zero-order valence-electron chi connectivity index (χ0n) is 10.6. The maximum Gasteiger partial charge on any atom is 0.277 e. The number of hydrogen-bond acceptors (Lipinski definition) is 2. The minimum atomic E-state index is -3.72. The summed E-state index contributed by atoms with van der Waals surface area (Å²) in [6, 6.07) is 4.84. The van der Waals surface area contributed by atoms with E-state index in [0.717, 1.165) is 24.7 Å². The largest absolute Gasteiger partial charge is 0.386 e. The average Bonchev–Trinajstić information content (AvgIpc) is 2.28. The van der Waals surface area contributed by atoms with Gasteiger partial charge in [-0.3, -0.25) is 0 Å². The summed E-state index contributed by atoms with van der Waals surface area (Å²) in [6.07, 6.45) is 4.29. The predicted octanol–water partition coefficient (Wildman–Crippen LogP) is 3.45. The molecule has 0 aromatic heterocycles. The van der Waals surface area contributed by atoms with Crippen molar-refractivity contribution in [1.29, 1.82) is 0 Å². The quantitative estimate of drug-likeness (QED) is 0.677. The standard InChI is InChI=1S/C13H14Cl2N2O2S/c14-11-5-4-9(8-12(11)15)6-7-20(18,19)17-13(16)10-2-1-3-10/h4-8,10H,1-3H2,(H2,16,17). The molecule has 7 heteroatoms. The second-order valence-electron chi connectivity index (χ2n) is 4.64. The lowest BCUT2D eigenvalue weighted by atomic mass is 9.85. The van der Waals surface area contributed by atoms with E-state index in [2.05, 4.69) is 4.40 Å². The van der Waals surface area contributed by atoms with Gasteiger partial charge in [-0.15, -0.1) is 4.40 Å². The van der Waals surface area contributed by atoms with Crippen LogP contribution in [0.4, 0.5) is 0 Å². The summed E-state index contributed by atoms with van der Waals surface area (Å²) in [5, 5.41) is 1.79. The van der Waals surface area contributed by atoms with Crippen LogP contribution in [0.3, 0.4) is 0 Å². The van der Waals surface area contributed by atoms with Crippen molar-refractivity contribution in [2.45, 2.75) is 19.3 Å². The van der Waals surface area contributed by atoms with Crippen LogP contribution in [0.25, 0.3) is 6.08 Å². The van der Waals surface area contributed by atoms with Gasteiger partial charge in [-0.25, -0.2) is 0 Å². The monoisotopic (exact) mass is 332 g/mol. The summed E-state index contributed by atoms with van der Waals surface area (Å²) in [6.45, 7) is 0. The highest BCUT2D eigenvalue weighted by Crippen LogP contribution is 2.27. The Labute approximate surface area is 128 Å². The summed E-state index contributed by atoms with van der Waals surface area (Å²) in [5.41, 5.74) is 6.30. The molecule has 2 N–H and O–H groups in total. The molecule has 0 aliphatic heterocycles. The first-order valence-electron chi connectivity index (χ1n) is 6.11. The van der Waals surface area contributed by atoms with Crippen molar-refractivity contribution in [3.63, 3.8) is 0 Å². The van der Waals surface area contributed by atoms with Gasteiger partial charge in [0.2, 0.25) is 0 Å². The lowest BCUT2D eigenvalue weighted by Gasteiger charge is -2.23.